The predicted molar refractivity (Wildman–Crippen MR) is 86.0 cm³/mol. The van der Waals surface area contributed by atoms with Crippen LogP contribution in [-0.4, -0.2) is 25.1 Å². The number of rotatable bonds is 2. The number of nitrogens with zero attached hydrogens (tertiary/aromatic N) is 4. The van der Waals surface area contributed by atoms with Crippen molar-refractivity contribution in [2.45, 2.75) is 0 Å². The van der Waals surface area contributed by atoms with Crippen LogP contribution < -0.4 is 5.73 Å². The molecule has 3 aromatic heterocycles. The van der Waals surface area contributed by atoms with Crippen LogP contribution in [0.4, 0.5) is 5.82 Å². The highest BCUT2D eigenvalue weighted by atomic mass is 15.1. The minimum atomic E-state index is 0.168. The van der Waals surface area contributed by atoms with Gasteiger partial charge < -0.3 is 10.7 Å². The number of nitrogen functional groups attached to an aromatic ring is 1. The highest BCUT2D eigenvalue weighted by molar-refractivity contribution is 5.93. The topological polar surface area (TPSA) is 120 Å². The number of hydrogen-bond acceptors (Lipinski definition) is 5. The van der Waals surface area contributed by atoms with Gasteiger partial charge in [0.25, 0.3) is 0 Å². The largest absolute Gasteiger partial charge is 0.383 e. The Morgan fingerprint density at radius 2 is 2.09 bits per heavy atom. The van der Waals surface area contributed by atoms with E-state index < -0.39 is 0 Å². The van der Waals surface area contributed by atoms with Gasteiger partial charge in [0, 0.05) is 10.9 Å². The van der Waals surface area contributed by atoms with Crippen molar-refractivity contribution in [1.82, 2.24) is 25.1 Å². The number of nitrogens with two attached hydrogens (primary N) is 1. The lowest BCUT2D eigenvalue weighted by Crippen LogP contribution is -2.00. The van der Waals surface area contributed by atoms with Gasteiger partial charge in [-0.05, 0) is 12.1 Å². The van der Waals surface area contributed by atoms with Gasteiger partial charge in [-0.2, -0.15) is 10.4 Å². The van der Waals surface area contributed by atoms with Crippen LogP contribution in [0.25, 0.3) is 33.5 Å². The quantitative estimate of drug-likeness (QED) is 0.525. The monoisotopic (exact) mass is 301 g/mol. The second-order valence-corrected chi connectivity index (χ2v) is 5.01. The number of H-pyrrole nitrogens is 2. The fourth-order valence-corrected chi connectivity index (χ4v) is 2.58. The highest BCUT2D eigenvalue weighted by Crippen LogP contribution is 2.31. The summed E-state index contributed by atoms with van der Waals surface area (Å²) in [5.74, 6) is 0.168. The summed E-state index contributed by atoms with van der Waals surface area (Å²) in [6.45, 7) is 0. The van der Waals surface area contributed by atoms with Crippen LogP contribution in [0.1, 0.15) is 5.56 Å². The Morgan fingerprint density at radius 1 is 1.22 bits per heavy atom. The van der Waals surface area contributed by atoms with Gasteiger partial charge in [0.15, 0.2) is 0 Å². The molecule has 0 unspecified atom stereocenters. The van der Waals surface area contributed by atoms with Crippen LogP contribution in [0.15, 0.2) is 42.9 Å². The van der Waals surface area contributed by atoms with Crippen LogP contribution in [0.3, 0.4) is 0 Å². The zero-order valence-electron chi connectivity index (χ0n) is 11.9. The molecule has 0 amide bonds. The van der Waals surface area contributed by atoms with Crippen LogP contribution in [0.5, 0.6) is 0 Å². The minimum Gasteiger partial charge on any atom is -0.383 e. The third kappa shape index (κ3) is 2.01. The normalized spacial score (nSPS) is 10.7. The number of para-hydroxylation sites is 1. The maximum atomic E-state index is 9.37. The predicted octanol–water partition coefficient (Wildman–Crippen LogP) is 2.47. The molecule has 0 aliphatic rings. The molecule has 0 aliphatic carbocycles. The van der Waals surface area contributed by atoms with Crippen molar-refractivity contribution in [2.24, 2.45) is 0 Å². The molecule has 4 aromatic rings. The molecule has 0 atom stereocenters. The van der Waals surface area contributed by atoms with E-state index in [0.29, 0.717) is 28.2 Å². The van der Waals surface area contributed by atoms with Gasteiger partial charge in [-0.3, -0.25) is 5.10 Å². The van der Waals surface area contributed by atoms with E-state index in [1.807, 2.05) is 24.3 Å². The first-order chi connectivity index (χ1) is 11.3. The summed E-state index contributed by atoms with van der Waals surface area (Å²) in [6.07, 6.45) is 3.19. The summed E-state index contributed by atoms with van der Waals surface area (Å²) in [5.41, 5.74) is 9.86. The molecule has 110 valence electrons. The van der Waals surface area contributed by atoms with Crippen LogP contribution in [-0.2, 0) is 0 Å². The number of hydrogen-bond donors (Lipinski definition) is 3. The van der Waals surface area contributed by atoms with Gasteiger partial charge in [0.1, 0.15) is 23.1 Å². The third-order valence-corrected chi connectivity index (χ3v) is 3.66. The smallest absolute Gasteiger partial charge is 0.142 e. The van der Waals surface area contributed by atoms with Gasteiger partial charge in [-0.25, -0.2) is 9.97 Å². The summed E-state index contributed by atoms with van der Waals surface area (Å²) in [6, 6.07) is 11.7. The number of aromatic nitrogens is 5. The first-order valence-corrected chi connectivity index (χ1v) is 6.91. The lowest BCUT2D eigenvalue weighted by molar-refractivity contribution is 1.11. The van der Waals surface area contributed by atoms with E-state index in [4.69, 9.17) is 5.73 Å². The summed E-state index contributed by atoms with van der Waals surface area (Å²) in [5, 5.41) is 17.6. The summed E-state index contributed by atoms with van der Waals surface area (Å²) in [7, 11) is 0. The number of imidazole rings is 1. The second kappa shape index (κ2) is 4.96. The van der Waals surface area contributed by atoms with Crippen molar-refractivity contribution in [1.29, 1.82) is 5.26 Å². The van der Waals surface area contributed by atoms with Crippen molar-refractivity contribution < 1.29 is 0 Å². The molecule has 0 spiro atoms. The van der Waals surface area contributed by atoms with Gasteiger partial charge >= 0.3 is 0 Å². The molecule has 4 rings (SSSR count). The average Bonchev–Trinajstić information content (AvgIpc) is 3.24. The van der Waals surface area contributed by atoms with Gasteiger partial charge in [-0.1, -0.05) is 18.2 Å². The summed E-state index contributed by atoms with van der Waals surface area (Å²) >= 11 is 0. The molecule has 23 heavy (non-hydrogen) atoms. The Hall–Kier alpha value is -3.66. The Kier molecular flexibility index (Phi) is 2.81. The molecule has 7 nitrogen and oxygen atoms in total. The molecular weight excluding hydrogens is 290 g/mol. The van der Waals surface area contributed by atoms with Crippen LogP contribution in [0.2, 0.25) is 0 Å². The van der Waals surface area contributed by atoms with E-state index in [9.17, 15) is 5.26 Å². The van der Waals surface area contributed by atoms with E-state index in [2.05, 4.69) is 31.2 Å². The van der Waals surface area contributed by atoms with Crippen LogP contribution >= 0.6 is 0 Å². The highest BCUT2D eigenvalue weighted by Gasteiger charge is 2.17. The number of benzene rings is 1. The fourth-order valence-electron chi connectivity index (χ4n) is 2.58. The minimum absolute atomic E-state index is 0.168. The zero-order chi connectivity index (χ0) is 15.8. The average molecular weight is 301 g/mol. The molecular formula is C16H11N7. The van der Waals surface area contributed by atoms with E-state index in [0.717, 1.165) is 10.9 Å². The molecule has 3 heterocycles. The number of aromatic amines is 2. The van der Waals surface area contributed by atoms with E-state index in [1.54, 1.807) is 18.6 Å². The number of pyridine rings is 1. The van der Waals surface area contributed by atoms with Crippen molar-refractivity contribution >= 4 is 16.7 Å². The Morgan fingerprint density at radius 3 is 2.87 bits per heavy atom. The Balaban J connectivity index is 1.99. The molecule has 4 N–H and O–H groups in total. The lowest BCUT2D eigenvalue weighted by atomic mass is 10.0. The lowest BCUT2D eigenvalue weighted by Gasteiger charge is -2.07. The van der Waals surface area contributed by atoms with Gasteiger partial charge in [0.2, 0.25) is 0 Å². The summed E-state index contributed by atoms with van der Waals surface area (Å²) < 4.78 is 0. The SMILES string of the molecule is N#Cc1c(-c2cnc[nH]2)cc(-c2n[nH]c3ccccc23)nc1N. The second-order valence-electron chi connectivity index (χ2n) is 5.01. The molecule has 0 radical (unpaired) electrons. The van der Waals surface area contributed by atoms with E-state index in [1.165, 1.54) is 0 Å². The Bertz CT molecular complexity index is 1040. The standard InChI is InChI=1S/C16H11N7/c17-6-11-10(14-7-19-8-20-14)5-13(21-16(11)18)15-9-3-1-2-4-12(9)22-23-15/h1-5,7-8H,(H2,18,21)(H,19,20)(H,22,23). The molecule has 0 aliphatic heterocycles. The molecule has 0 fully saturated rings. The number of nitriles is 1. The maximum Gasteiger partial charge on any atom is 0.142 e. The third-order valence-electron chi connectivity index (χ3n) is 3.66. The van der Waals surface area contributed by atoms with Crippen molar-refractivity contribution in [3.8, 4) is 28.7 Å². The van der Waals surface area contributed by atoms with Crippen molar-refractivity contribution in [3.05, 3.63) is 48.4 Å². The molecule has 0 bridgehead atoms. The Labute approximate surface area is 130 Å². The number of anilines is 1. The summed E-state index contributed by atoms with van der Waals surface area (Å²) in [4.78, 5) is 11.3. The number of fused-ring (bicyclic) bond motifs is 1. The maximum absolute atomic E-state index is 9.37. The van der Waals surface area contributed by atoms with E-state index in [-0.39, 0.29) is 5.82 Å². The molecule has 0 saturated heterocycles. The first kappa shape index (κ1) is 13.0. The van der Waals surface area contributed by atoms with E-state index >= 15 is 0 Å². The molecule has 0 saturated carbocycles. The van der Waals surface area contributed by atoms with Crippen molar-refractivity contribution in [2.75, 3.05) is 5.73 Å². The van der Waals surface area contributed by atoms with Crippen molar-refractivity contribution in [3.63, 3.8) is 0 Å². The zero-order valence-corrected chi connectivity index (χ0v) is 11.9. The molecule has 1 aromatic carbocycles. The van der Waals surface area contributed by atoms with Gasteiger partial charge in [-0.15, -0.1) is 0 Å². The number of nitrogens with one attached hydrogen (secondary N) is 2. The first-order valence-electron chi connectivity index (χ1n) is 6.91. The van der Waals surface area contributed by atoms with Crippen LogP contribution in [0, 0.1) is 11.3 Å². The fraction of sp³-hybridized carbons (Fsp3) is 0. The molecule has 7 heteroatoms. The van der Waals surface area contributed by atoms with Gasteiger partial charge in [0.05, 0.1) is 29.4 Å².